The molecular weight excluding hydrogens is 150 g/mol. The average Bonchev–Trinajstić information content (AvgIpc) is 2.46. The number of rotatable bonds is 2. The lowest BCUT2D eigenvalue weighted by Crippen LogP contribution is -2.38. The van der Waals surface area contributed by atoms with E-state index in [-0.39, 0.29) is 0 Å². The summed E-state index contributed by atoms with van der Waals surface area (Å²) in [7, 11) is 0. The molecule has 0 aromatic heterocycles. The van der Waals surface area contributed by atoms with Crippen LogP contribution in [0.15, 0.2) is 0 Å². The maximum atomic E-state index is 6.06. The van der Waals surface area contributed by atoms with Crippen molar-refractivity contribution in [3.63, 3.8) is 0 Å². The van der Waals surface area contributed by atoms with Gasteiger partial charge in [-0.3, -0.25) is 0 Å². The summed E-state index contributed by atoms with van der Waals surface area (Å²) < 4.78 is 6.06. The van der Waals surface area contributed by atoms with E-state index in [1.54, 1.807) is 0 Å². The molecule has 1 unspecified atom stereocenters. The molecule has 2 aliphatic rings. The smallest absolute Gasteiger partial charge is 0.0687 e. The van der Waals surface area contributed by atoms with Gasteiger partial charge in [0.2, 0.25) is 0 Å². The molecular formula is C10H19NO. The lowest BCUT2D eigenvalue weighted by molar-refractivity contribution is -0.103. The number of hydrogen-bond donors (Lipinski definition) is 1. The molecule has 2 fully saturated rings. The molecule has 0 bridgehead atoms. The second kappa shape index (κ2) is 3.00. The van der Waals surface area contributed by atoms with E-state index in [2.05, 4.69) is 6.92 Å². The van der Waals surface area contributed by atoms with Crippen LogP contribution in [0.2, 0.25) is 0 Å². The Bertz CT molecular complexity index is 165. The third-order valence-electron chi connectivity index (χ3n) is 3.56. The highest BCUT2D eigenvalue weighted by Crippen LogP contribution is 2.46. The third kappa shape index (κ3) is 1.27. The standard InChI is InChI=1S/C10H19NO/c1-8(7-11)9-3-6-10(12-9)4-2-5-10/h8-9H,2-7,11H2,1H3/t8-,9?/m1/s1. The molecule has 0 aromatic rings. The Hall–Kier alpha value is -0.0800. The molecule has 2 rings (SSSR count). The van der Waals surface area contributed by atoms with Crippen LogP contribution in [0.1, 0.15) is 39.0 Å². The van der Waals surface area contributed by atoms with Crippen LogP contribution in [0, 0.1) is 5.92 Å². The first-order valence-electron chi connectivity index (χ1n) is 5.14. The van der Waals surface area contributed by atoms with E-state index in [0.717, 1.165) is 6.54 Å². The zero-order valence-electron chi connectivity index (χ0n) is 7.88. The van der Waals surface area contributed by atoms with Gasteiger partial charge in [-0.2, -0.15) is 0 Å². The molecule has 1 saturated carbocycles. The molecule has 0 aromatic carbocycles. The van der Waals surface area contributed by atoms with Crippen LogP contribution in [0.4, 0.5) is 0 Å². The first kappa shape index (κ1) is 8.52. The molecule has 2 nitrogen and oxygen atoms in total. The van der Waals surface area contributed by atoms with Crippen LogP contribution >= 0.6 is 0 Å². The summed E-state index contributed by atoms with van der Waals surface area (Å²) in [6, 6.07) is 0. The van der Waals surface area contributed by atoms with Crippen LogP contribution in [0.3, 0.4) is 0 Å². The van der Waals surface area contributed by atoms with Gasteiger partial charge in [0, 0.05) is 0 Å². The lowest BCUT2D eigenvalue weighted by Gasteiger charge is -2.38. The molecule has 1 heterocycles. The van der Waals surface area contributed by atoms with E-state index < -0.39 is 0 Å². The third-order valence-corrected chi connectivity index (χ3v) is 3.56. The van der Waals surface area contributed by atoms with Crippen molar-refractivity contribution in [3.05, 3.63) is 0 Å². The van der Waals surface area contributed by atoms with Gasteiger partial charge in [0.1, 0.15) is 0 Å². The largest absolute Gasteiger partial charge is 0.371 e. The molecule has 70 valence electrons. The van der Waals surface area contributed by atoms with Crippen LogP contribution < -0.4 is 5.73 Å². The summed E-state index contributed by atoms with van der Waals surface area (Å²) in [4.78, 5) is 0. The zero-order chi connectivity index (χ0) is 8.60. The fourth-order valence-electron chi connectivity index (χ4n) is 2.34. The van der Waals surface area contributed by atoms with E-state index in [0.29, 0.717) is 17.6 Å². The Morgan fingerprint density at radius 1 is 1.50 bits per heavy atom. The fourth-order valence-corrected chi connectivity index (χ4v) is 2.34. The van der Waals surface area contributed by atoms with Crippen LogP contribution in [-0.4, -0.2) is 18.2 Å². The average molecular weight is 169 g/mol. The van der Waals surface area contributed by atoms with Crippen molar-refractivity contribution in [2.75, 3.05) is 6.54 Å². The second-order valence-electron chi connectivity index (χ2n) is 4.44. The highest BCUT2D eigenvalue weighted by atomic mass is 16.5. The molecule has 1 aliphatic carbocycles. The summed E-state index contributed by atoms with van der Waals surface area (Å²) in [6.07, 6.45) is 6.92. The highest BCUT2D eigenvalue weighted by molar-refractivity contribution is 4.96. The zero-order valence-corrected chi connectivity index (χ0v) is 7.88. The van der Waals surface area contributed by atoms with Crippen molar-refractivity contribution in [2.45, 2.75) is 50.7 Å². The summed E-state index contributed by atoms with van der Waals surface area (Å²) in [5.74, 6) is 0.546. The number of hydrogen-bond acceptors (Lipinski definition) is 2. The minimum atomic E-state index is 0.314. The molecule has 0 amide bonds. The Morgan fingerprint density at radius 2 is 2.25 bits per heavy atom. The Kier molecular flexibility index (Phi) is 2.13. The molecule has 1 saturated heterocycles. The lowest BCUT2D eigenvalue weighted by atomic mass is 9.78. The summed E-state index contributed by atoms with van der Waals surface area (Å²) >= 11 is 0. The first-order chi connectivity index (χ1) is 5.76. The van der Waals surface area contributed by atoms with Crippen molar-refractivity contribution < 1.29 is 4.74 Å². The van der Waals surface area contributed by atoms with E-state index in [1.165, 1.54) is 32.1 Å². The van der Waals surface area contributed by atoms with Gasteiger partial charge in [0.05, 0.1) is 11.7 Å². The summed E-state index contributed by atoms with van der Waals surface area (Å²) in [6.45, 7) is 2.96. The molecule has 1 spiro atoms. The normalized spacial score (nSPS) is 35.0. The molecule has 0 radical (unpaired) electrons. The van der Waals surface area contributed by atoms with Crippen molar-refractivity contribution in [2.24, 2.45) is 11.7 Å². The van der Waals surface area contributed by atoms with E-state index in [9.17, 15) is 0 Å². The molecule has 2 heteroatoms. The fraction of sp³-hybridized carbons (Fsp3) is 1.00. The minimum Gasteiger partial charge on any atom is -0.371 e. The van der Waals surface area contributed by atoms with Crippen LogP contribution in [0.25, 0.3) is 0 Å². The minimum absolute atomic E-state index is 0.314. The maximum Gasteiger partial charge on any atom is 0.0687 e. The van der Waals surface area contributed by atoms with Gasteiger partial charge in [-0.05, 0) is 44.6 Å². The van der Waals surface area contributed by atoms with Gasteiger partial charge in [0.25, 0.3) is 0 Å². The maximum absolute atomic E-state index is 6.06. The predicted molar refractivity (Wildman–Crippen MR) is 48.9 cm³/mol. The Morgan fingerprint density at radius 3 is 2.67 bits per heavy atom. The summed E-state index contributed by atoms with van der Waals surface area (Å²) in [5.41, 5.74) is 5.93. The monoisotopic (exact) mass is 169 g/mol. The predicted octanol–water partition coefficient (Wildman–Crippen LogP) is 1.68. The van der Waals surface area contributed by atoms with E-state index in [1.807, 2.05) is 0 Å². The van der Waals surface area contributed by atoms with E-state index in [4.69, 9.17) is 10.5 Å². The quantitative estimate of drug-likeness (QED) is 0.682. The van der Waals surface area contributed by atoms with Gasteiger partial charge < -0.3 is 10.5 Å². The Balaban J connectivity index is 1.89. The van der Waals surface area contributed by atoms with Gasteiger partial charge >= 0.3 is 0 Å². The second-order valence-corrected chi connectivity index (χ2v) is 4.44. The van der Waals surface area contributed by atoms with Gasteiger partial charge in [-0.15, -0.1) is 0 Å². The van der Waals surface area contributed by atoms with Crippen LogP contribution in [-0.2, 0) is 4.74 Å². The van der Waals surface area contributed by atoms with Gasteiger partial charge in [0.15, 0.2) is 0 Å². The van der Waals surface area contributed by atoms with E-state index >= 15 is 0 Å². The van der Waals surface area contributed by atoms with Crippen molar-refractivity contribution in [3.8, 4) is 0 Å². The number of nitrogens with two attached hydrogens (primary N) is 1. The van der Waals surface area contributed by atoms with Crippen molar-refractivity contribution in [1.29, 1.82) is 0 Å². The molecule has 12 heavy (non-hydrogen) atoms. The topological polar surface area (TPSA) is 35.2 Å². The van der Waals surface area contributed by atoms with Gasteiger partial charge in [-0.1, -0.05) is 6.92 Å². The van der Waals surface area contributed by atoms with Gasteiger partial charge in [-0.25, -0.2) is 0 Å². The molecule has 1 aliphatic heterocycles. The first-order valence-corrected chi connectivity index (χ1v) is 5.14. The van der Waals surface area contributed by atoms with Crippen molar-refractivity contribution in [1.82, 2.24) is 0 Å². The Labute approximate surface area is 74.5 Å². The number of ether oxygens (including phenoxy) is 1. The highest BCUT2D eigenvalue weighted by Gasteiger charge is 2.45. The molecule has 2 N–H and O–H groups in total. The summed E-state index contributed by atoms with van der Waals surface area (Å²) in [5, 5.41) is 0. The SMILES string of the molecule is C[C@H](CN)C1CCC2(CCC2)O1. The van der Waals surface area contributed by atoms with Crippen molar-refractivity contribution >= 4 is 0 Å². The molecule has 2 atom stereocenters. The van der Waals surface area contributed by atoms with Crippen LogP contribution in [0.5, 0.6) is 0 Å².